The molecule has 0 saturated carbocycles. The highest BCUT2D eigenvalue weighted by Crippen LogP contribution is 2.22. The van der Waals surface area contributed by atoms with Crippen LogP contribution in [0.25, 0.3) is 0 Å². The number of anilines is 1. The Bertz CT molecular complexity index is 499. The number of hydrogen-bond donors (Lipinski definition) is 1. The Kier molecular flexibility index (Phi) is 3.67. The lowest BCUT2D eigenvalue weighted by Crippen LogP contribution is -2.18. The Morgan fingerprint density at radius 1 is 1.17 bits per heavy atom. The summed E-state index contributed by atoms with van der Waals surface area (Å²) in [5.74, 6) is 0. The number of nitrogens with zero attached hydrogens (tertiary/aromatic N) is 3. The maximum absolute atomic E-state index is 4.46. The molecule has 0 spiro atoms. The van der Waals surface area contributed by atoms with Crippen LogP contribution < -0.4 is 10.2 Å². The standard InChI is InChI=1S/C14H20N4/c1-15-14(13-9-10-18(4)16-13)11-5-7-12(8-6-11)17(2)3/h5-10,14-15H,1-4H3. The van der Waals surface area contributed by atoms with Gasteiger partial charge < -0.3 is 10.2 Å². The zero-order valence-corrected chi connectivity index (χ0v) is 11.4. The molecule has 0 fully saturated rings. The predicted octanol–water partition coefficient (Wildman–Crippen LogP) is 1.79. The van der Waals surface area contributed by atoms with Gasteiger partial charge in [0.25, 0.3) is 0 Å². The van der Waals surface area contributed by atoms with E-state index in [1.165, 1.54) is 11.3 Å². The molecule has 2 aromatic rings. The summed E-state index contributed by atoms with van der Waals surface area (Å²) >= 11 is 0. The van der Waals surface area contributed by atoms with Gasteiger partial charge in [-0.3, -0.25) is 4.68 Å². The molecular formula is C14H20N4. The summed E-state index contributed by atoms with van der Waals surface area (Å²) in [7, 11) is 7.98. The first kappa shape index (κ1) is 12.6. The van der Waals surface area contributed by atoms with E-state index in [0.29, 0.717) is 0 Å². The molecule has 1 heterocycles. The fourth-order valence-corrected chi connectivity index (χ4v) is 2.04. The molecule has 0 aliphatic rings. The summed E-state index contributed by atoms with van der Waals surface area (Å²) in [5.41, 5.74) is 3.47. The molecule has 0 bridgehead atoms. The third-order valence-corrected chi connectivity index (χ3v) is 3.06. The molecule has 0 amide bonds. The van der Waals surface area contributed by atoms with E-state index in [1.807, 2.05) is 45.1 Å². The topological polar surface area (TPSA) is 33.1 Å². The third kappa shape index (κ3) is 2.54. The lowest BCUT2D eigenvalue weighted by molar-refractivity contribution is 0.642. The summed E-state index contributed by atoms with van der Waals surface area (Å²) in [6.07, 6.45) is 1.97. The van der Waals surface area contributed by atoms with E-state index >= 15 is 0 Å². The zero-order valence-electron chi connectivity index (χ0n) is 11.4. The van der Waals surface area contributed by atoms with Crippen LogP contribution in [-0.2, 0) is 7.05 Å². The molecule has 1 N–H and O–H groups in total. The quantitative estimate of drug-likeness (QED) is 0.890. The summed E-state index contributed by atoms with van der Waals surface area (Å²) in [4.78, 5) is 2.10. The van der Waals surface area contributed by atoms with Gasteiger partial charge in [-0.15, -0.1) is 0 Å². The molecule has 0 aliphatic carbocycles. The molecule has 1 unspecified atom stereocenters. The summed E-state index contributed by atoms with van der Waals surface area (Å²) in [6, 6.07) is 10.7. The van der Waals surface area contributed by atoms with E-state index in [0.717, 1.165) is 5.69 Å². The van der Waals surface area contributed by atoms with Gasteiger partial charge in [-0.1, -0.05) is 12.1 Å². The predicted molar refractivity (Wildman–Crippen MR) is 74.9 cm³/mol. The number of aromatic nitrogens is 2. The maximum Gasteiger partial charge on any atom is 0.0839 e. The van der Waals surface area contributed by atoms with Crippen molar-refractivity contribution in [2.75, 3.05) is 26.0 Å². The minimum Gasteiger partial charge on any atom is -0.378 e. The Hall–Kier alpha value is -1.81. The minimum absolute atomic E-state index is 0.141. The molecule has 0 saturated heterocycles. The van der Waals surface area contributed by atoms with Crippen molar-refractivity contribution in [3.05, 3.63) is 47.8 Å². The molecule has 0 radical (unpaired) electrons. The smallest absolute Gasteiger partial charge is 0.0839 e. The number of aryl methyl sites for hydroxylation is 1. The van der Waals surface area contributed by atoms with Gasteiger partial charge in [-0.2, -0.15) is 5.10 Å². The molecule has 4 heteroatoms. The summed E-state index contributed by atoms with van der Waals surface area (Å²) in [6.45, 7) is 0. The number of nitrogens with one attached hydrogen (secondary N) is 1. The summed E-state index contributed by atoms with van der Waals surface area (Å²) < 4.78 is 1.83. The van der Waals surface area contributed by atoms with Crippen LogP contribution in [0.4, 0.5) is 5.69 Å². The van der Waals surface area contributed by atoms with Crippen LogP contribution >= 0.6 is 0 Å². The third-order valence-electron chi connectivity index (χ3n) is 3.06. The zero-order chi connectivity index (χ0) is 13.1. The van der Waals surface area contributed by atoms with Crippen LogP contribution in [0.15, 0.2) is 36.5 Å². The molecular weight excluding hydrogens is 224 g/mol. The van der Waals surface area contributed by atoms with Crippen LogP contribution in [0.3, 0.4) is 0 Å². The van der Waals surface area contributed by atoms with E-state index in [9.17, 15) is 0 Å². The first-order chi connectivity index (χ1) is 8.61. The highest BCUT2D eigenvalue weighted by molar-refractivity contribution is 5.47. The average Bonchev–Trinajstić information content (AvgIpc) is 2.77. The van der Waals surface area contributed by atoms with Crippen LogP contribution in [-0.4, -0.2) is 30.9 Å². The molecule has 4 nitrogen and oxygen atoms in total. The highest BCUT2D eigenvalue weighted by atomic mass is 15.3. The van der Waals surface area contributed by atoms with Crippen LogP contribution in [0, 0.1) is 0 Å². The summed E-state index contributed by atoms with van der Waals surface area (Å²) in [5, 5.41) is 7.77. The van der Waals surface area contributed by atoms with Gasteiger partial charge in [0.1, 0.15) is 0 Å². The average molecular weight is 244 g/mol. The van der Waals surface area contributed by atoms with Crippen molar-refractivity contribution in [1.82, 2.24) is 15.1 Å². The van der Waals surface area contributed by atoms with Crippen LogP contribution in [0.2, 0.25) is 0 Å². The van der Waals surface area contributed by atoms with E-state index in [-0.39, 0.29) is 6.04 Å². The van der Waals surface area contributed by atoms with Crippen molar-refractivity contribution in [3.63, 3.8) is 0 Å². The Labute approximate surface area is 108 Å². The van der Waals surface area contributed by atoms with Crippen LogP contribution in [0.5, 0.6) is 0 Å². The molecule has 1 aromatic carbocycles. The molecule has 2 rings (SSSR count). The lowest BCUT2D eigenvalue weighted by Gasteiger charge is -2.17. The fourth-order valence-electron chi connectivity index (χ4n) is 2.04. The Morgan fingerprint density at radius 3 is 2.28 bits per heavy atom. The van der Waals surface area contributed by atoms with Crippen molar-refractivity contribution in [1.29, 1.82) is 0 Å². The molecule has 0 aliphatic heterocycles. The lowest BCUT2D eigenvalue weighted by atomic mass is 10.0. The van der Waals surface area contributed by atoms with E-state index in [2.05, 4.69) is 39.6 Å². The first-order valence-electron chi connectivity index (χ1n) is 6.06. The van der Waals surface area contributed by atoms with Gasteiger partial charge >= 0.3 is 0 Å². The minimum atomic E-state index is 0.141. The fraction of sp³-hybridized carbons (Fsp3) is 0.357. The van der Waals surface area contributed by atoms with Crippen molar-refractivity contribution in [3.8, 4) is 0 Å². The second-order valence-corrected chi connectivity index (χ2v) is 4.62. The maximum atomic E-state index is 4.46. The van der Waals surface area contributed by atoms with Crippen LogP contribution in [0.1, 0.15) is 17.3 Å². The van der Waals surface area contributed by atoms with Gasteiger partial charge in [0, 0.05) is 33.0 Å². The van der Waals surface area contributed by atoms with E-state index in [1.54, 1.807) is 0 Å². The van der Waals surface area contributed by atoms with Gasteiger partial charge in [0.15, 0.2) is 0 Å². The number of benzene rings is 1. The Morgan fingerprint density at radius 2 is 1.83 bits per heavy atom. The highest BCUT2D eigenvalue weighted by Gasteiger charge is 2.14. The van der Waals surface area contributed by atoms with Gasteiger partial charge in [0.05, 0.1) is 11.7 Å². The molecule has 1 atom stereocenters. The normalized spacial score (nSPS) is 12.4. The largest absolute Gasteiger partial charge is 0.378 e. The number of hydrogen-bond acceptors (Lipinski definition) is 3. The molecule has 1 aromatic heterocycles. The molecule has 18 heavy (non-hydrogen) atoms. The van der Waals surface area contributed by atoms with Crippen molar-refractivity contribution < 1.29 is 0 Å². The van der Waals surface area contributed by atoms with Gasteiger partial charge in [-0.05, 0) is 30.8 Å². The SMILES string of the molecule is CNC(c1ccc(N(C)C)cc1)c1ccn(C)n1. The van der Waals surface area contributed by atoms with E-state index in [4.69, 9.17) is 0 Å². The second-order valence-electron chi connectivity index (χ2n) is 4.62. The Balaban J connectivity index is 2.28. The van der Waals surface area contributed by atoms with Crippen molar-refractivity contribution in [2.45, 2.75) is 6.04 Å². The van der Waals surface area contributed by atoms with Crippen molar-refractivity contribution in [2.24, 2.45) is 7.05 Å². The second kappa shape index (κ2) is 5.23. The van der Waals surface area contributed by atoms with E-state index < -0.39 is 0 Å². The molecule has 96 valence electrons. The van der Waals surface area contributed by atoms with Crippen molar-refractivity contribution >= 4 is 5.69 Å². The number of rotatable bonds is 4. The first-order valence-corrected chi connectivity index (χ1v) is 6.06. The van der Waals surface area contributed by atoms with Gasteiger partial charge in [-0.25, -0.2) is 0 Å². The van der Waals surface area contributed by atoms with Gasteiger partial charge in [0.2, 0.25) is 0 Å². The monoisotopic (exact) mass is 244 g/mol.